The number of furan rings is 1. The average molecular weight is 401 g/mol. The van der Waals surface area contributed by atoms with E-state index in [1.165, 1.54) is 10.4 Å². The first kappa shape index (κ1) is 18.8. The van der Waals surface area contributed by atoms with E-state index in [2.05, 4.69) is 10.3 Å². The van der Waals surface area contributed by atoms with Gasteiger partial charge in [0, 0.05) is 42.8 Å². The zero-order valence-electron chi connectivity index (χ0n) is 15.7. The minimum absolute atomic E-state index is 0.0224. The van der Waals surface area contributed by atoms with E-state index in [1.807, 2.05) is 30.5 Å². The topological polar surface area (TPSA) is 95.4 Å². The van der Waals surface area contributed by atoms with E-state index < -0.39 is 15.9 Å². The van der Waals surface area contributed by atoms with Crippen molar-refractivity contribution in [3.05, 3.63) is 53.6 Å². The van der Waals surface area contributed by atoms with E-state index in [1.54, 1.807) is 6.92 Å². The molecule has 1 fully saturated rings. The van der Waals surface area contributed by atoms with Gasteiger partial charge in [-0.15, -0.1) is 0 Å². The van der Waals surface area contributed by atoms with Crippen LogP contribution in [0.15, 0.2) is 45.8 Å². The fourth-order valence-electron chi connectivity index (χ4n) is 3.64. The number of sulfonamides is 1. The monoisotopic (exact) mass is 401 g/mol. The molecule has 4 rings (SSSR count). The number of aromatic amines is 1. The van der Waals surface area contributed by atoms with Crippen molar-refractivity contribution in [2.45, 2.75) is 31.1 Å². The first-order chi connectivity index (χ1) is 13.5. The third-order valence-electron chi connectivity index (χ3n) is 5.13. The highest BCUT2D eigenvalue weighted by Crippen LogP contribution is 2.26. The maximum Gasteiger partial charge on any atom is 0.287 e. The molecule has 28 heavy (non-hydrogen) atoms. The van der Waals surface area contributed by atoms with E-state index >= 15 is 0 Å². The van der Waals surface area contributed by atoms with Crippen LogP contribution in [0.4, 0.5) is 0 Å². The summed E-state index contributed by atoms with van der Waals surface area (Å²) in [6, 6.07) is 9.33. The Labute approximate surface area is 163 Å². The molecule has 1 saturated heterocycles. The van der Waals surface area contributed by atoms with Crippen LogP contribution in [-0.2, 0) is 16.4 Å². The van der Waals surface area contributed by atoms with E-state index in [0.717, 1.165) is 29.3 Å². The van der Waals surface area contributed by atoms with Crippen molar-refractivity contribution in [3.8, 4) is 0 Å². The number of hydrogen-bond acceptors (Lipinski definition) is 4. The summed E-state index contributed by atoms with van der Waals surface area (Å²) in [5.41, 5.74) is 2.17. The molecule has 1 amide bonds. The van der Waals surface area contributed by atoms with Crippen molar-refractivity contribution in [3.63, 3.8) is 0 Å². The zero-order valence-corrected chi connectivity index (χ0v) is 16.5. The second kappa shape index (κ2) is 7.44. The molecule has 1 aliphatic rings. The third kappa shape index (κ3) is 3.45. The number of amides is 1. The summed E-state index contributed by atoms with van der Waals surface area (Å²) in [4.78, 5) is 15.7. The Morgan fingerprint density at radius 3 is 2.79 bits per heavy atom. The predicted octanol–water partition coefficient (Wildman–Crippen LogP) is 2.83. The van der Waals surface area contributed by atoms with Gasteiger partial charge in [-0.3, -0.25) is 4.79 Å². The average Bonchev–Trinajstić information content (AvgIpc) is 3.41. The highest BCUT2D eigenvalue weighted by molar-refractivity contribution is 7.89. The van der Waals surface area contributed by atoms with Crippen LogP contribution >= 0.6 is 0 Å². The Morgan fingerprint density at radius 2 is 2.00 bits per heavy atom. The van der Waals surface area contributed by atoms with E-state index in [4.69, 9.17) is 4.42 Å². The van der Waals surface area contributed by atoms with Gasteiger partial charge < -0.3 is 14.7 Å². The molecule has 0 radical (unpaired) electrons. The molecule has 3 heterocycles. The number of para-hydroxylation sites is 1. The van der Waals surface area contributed by atoms with Gasteiger partial charge in [-0.1, -0.05) is 18.2 Å². The number of benzene rings is 1. The van der Waals surface area contributed by atoms with Gasteiger partial charge in [-0.2, -0.15) is 4.31 Å². The minimum Gasteiger partial charge on any atom is -0.455 e. The van der Waals surface area contributed by atoms with Crippen molar-refractivity contribution in [2.75, 3.05) is 19.6 Å². The summed E-state index contributed by atoms with van der Waals surface area (Å²) < 4.78 is 32.3. The number of aryl methyl sites for hydroxylation is 1. The molecule has 0 aliphatic carbocycles. The maximum absolute atomic E-state index is 12.7. The van der Waals surface area contributed by atoms with Crippen molar-refractivity contribution < 1.29 is 17.6 Å². The highest BCUT2D eigenvalue weighted by Gasteiger charge is 2.31. The van der Waals surface area contributed by atoms with Gasteiger partial charge in [-0.25, -0.2) is 8.42 Å². The second-order valence-corrected chi connectivity index (χ2v) is 8.91. The lowest BCUT2D eigenvalue weighted by atomic mass is 10.1. The van der Waals surface area contributed by atoms with E-state index in [0.29, 0.717) is 26.1 Å². The number of nitrogens with zero attached hydrogens (tertiary/aromatic N) is 1. The molecular weight excluding hydrogens is 378 g/mol. The lowest BCUT2D eigenvalue weighted by molar-refractivity contribution is 0.0925. The number of hydrogen-bond donors (Lipinski definition) is 2. The first-order valence-corrected chi connectivity index (χ1v) is 10.8. The number of carbonyl (C=O) groups excluding carboxylic acids is 1. The summed E-state index contributed by atoms with van der Waals surface area (Å²) >= 11 is 0. The minimum atomic E-state index is -3.61. The molecule has 1 aromatic carbocycles. The van der Waals surface area contributed by atoms with Crippen molar-refractivity contribution in [2.24, 2.45) is 0 Å². The maximum atomic E-state index is 12.7. The molecule has 0 unspecified atom stereocenters. The van der Waals surface area contributed by atoms with Crippen LogP contribution < -0.4 is 5.32 Å². The molecule has 1 aliphatic heterocycles. The van der Waals surface area contributed by atoms with Gasteiger partial charge in [0.1, 0.15) is 10.7 Å². The number of aromatic nitrogens is 1. The first-order valence-electron chi connectivity index (χ1n) is 9.40. The summed E-state index contributed by atoms with van der Waals surface area (Å²) in [6.45, 7) is 3.03. The van der Waals surface area contributed by atoms with Crippen LogP contribution in [0.25, 0.3) is 10.9 Å². The Morgan fingerprint density at radius 1 is 1.25 bits per heavy atom. The molecule has 8 heteroatoms. The van der Waals surface area contributed by atoms with Crippen molar-refractivity contribution in [1.82, 2.24) is 14.6 Å². The summed E-state index contributed by atoms with van der Waals surface area (Å²) in [5.74, 6) is -0.145. The fourth-order valence-corrected chi connectivity index (χ4v) is 5.32. The SMILES string of the molecule is Cc1oc(C(=O)NCCc2c[nH]c3ccccc23)cc1S(=O)(=O)N1CCCC1. The Hall–Kier alpha value is -2.58. The summed E-state index contributed by atoms with van der Waals surface area (Å²) in [7, 11) is -3.61. The van der Waals surface area contributed by atoms with Gasteiger partial charge in [0.2, 0.25) is 10.0 Å². The smallest absolute Gasteiger partial charge is 0.287 e. The second-order valence-electron chi connectivity index (χ2n) is 7.01. The molecule has 0 atom stereocenters. The highest BCUT2D eigenvalue weighted by atomic mass is 32.2. The van der Waals surface area contributed by atoms with Crippen LogP contribution in [-0.4, -0.2) is 43.2 Å². The fraction of sp³-hybridized carbons (Fsp3) is 0.350. The molecule has 0 saturated carbocycles. The third-order valence-corrected chi connectivity index (χ3v) is 7.14. The number of nitrogens with one attached hydrogen (secondary N) is 2. The van der Waals surface area contributed by atoms with Gasteiger partial charge >= 0.3 is 0 Å². The van der Waals surface area contributed by atoms with Crippen LogP contribution in [0, 0.1) is 6.92 Å². The summed E-state index contributed by atoms with van der Waals surface area (Å²) in [5, 5.41) is 3.94. The number of H-pyrrole nitrogens is 1. The normalized spacial score (nSPS) is 15.3. The van der Waals surface area contributed by atoms with Crippen molar-refractivity contribution in [1.29, 1.82) is 0 Å². The molecular formula is C20H23N3O4S. The molecule has 2 N–H and O–H groups in total. The van der Waals surface area contributed by atoms with Crippen LogP contribution in [0.3, 0.4) is 0 Å². The lowest BCUT2D eigenvalue weighted by Crippen LogP contribution is -2.28. The van der Waals surface area contributed by atoms with Gasteiger partial charge in [0.25, 0.3) is 5.91 Å². The van der Waals surface area contributed by atoms with Crippen molar-refractivity contribution >= 4 is 26.8 Å². The number of fused-ring (bicyclic) bond motifs is 1. The predicted molar refractivity (Wildman–Crippen MR) is 106 cm³/mol. The number of carbonyl (C=O) groups is 1. The Kier molecular flexibility index (Phi) is 4.99. The molecule has 148 valence electrons. The number of rotatable bonds is 6. The largest absolute Gasteiger partial charge is 0.455 e. The zero-order chi connectivity index (χ0) is 19.7. The summed E-state index contributed by atoms with van der Waals surface area (Å²) in [6.07, 6.45) is 4.32. The van der Waals surface area contributed by atoms with Gasteiger partial charge in [0.15, 0.2) is 5.76 Å². The van der Waals surface area contributed by atoms with Crippen LogP contribution in [0.5, 0.6) is 0 Å². The molecule has 3 aromatic rings. The van der Waals surface area contributed by atoms with E-state index in [-0.39, 0.29) is 16.4 Å². The molecule has 7 nitrogen and oxygen atoms in total. The Balaban J connectivity index is 1.43. The molecule has 0 spiro atoms. The van der Waals surface area contributed by atoms with E-state index in [9.17, 15) is 13.2 Å². The van der Waals surface area contributed by atoms with Crippen LogP contribution in [0.2, 0.25) is 0 Å². The molecule has 0 bridgehead atoms. The van der Waals surface area contributed by atoms with Gasteiger partial charge in [-0.05, 0) is 37.8 Å². The Bertz CT molecular complexity index is 1110. The van der Waals surface area contributed by atoms with Crippen LogP contribution in [0.1, 0.15) is 34.7 Å². The standard InChI is InChI=1S/C20H23N3O4S/c1-14-19(28(25,26)23-10-4-5-11-23)12-18(27-14)20(24)21-9-8-15-13-22-17-7-3-2-6-16(15)17/h2-3,6-7,12-13,22H,4-5,8-11H2,1H3,(H,21,24). The molecule has 2 aromatic heterocycles. The lowest BCUT2D eigenvalue weighted by Gasteiger charge is -2.14. The van der Waals surface area contributed by atoms with Gasteiger partial charge in [0.05, 0.1) is 0 Å². The quantitative estimate of drug-likeness (QED) is 0.664.